The molecule has 2 aromatic rings. The number of carbonyl (C=O) groups is 1. The number of carbonyl (C=O) groups excluding carboxylic acids is 1. The van der Waals surface area contributed by atoms with E-state index in [-0.39, 0.29) is 5.91 Å². The van der Waals surface area contributed by atoms with Crippen molar-refractivity contribution < 1.29 is 14.3 Å². The summed E-state index contributed by atoms with van der Waals surface area (Å²) in [6.07, 6.45) is 0. The molecular weight excluding hydrogens is 268 g/mol. The van der Waals surface area contributed by atoms with Crippen LogP contribution in [0.3, 0.4) is 0 Å². The third-order valence-electron chi connectivity index (χ3n) is 3.10. The lowest BCUT2D eigenvalue weighted by molar-refractivity contribution is 0.102. The maximum Gasteiger partial charge on any atom is 0.263 e. The molecule has 0 radical (unpaired) electrons. The Morgan fingerprint density at radius 2 is 1.62 bits per heavy atom. The van der Waals surface area contributed by atoms with Crippen LogP contribution in [0.2, 0.25) is 0 Å². The average molecular weight is 286 g/mol. The fraction of sp³-hybridized carbons (Fsp3) is 0.188. The second-order valence-electron chi connectivity index (χ2n) is 4.39. The molecule has 0 heterocycles. The molecule has 0 aromatic heterocycles. The summed E-state index contributed by atoms with van der Waals surface area (Å²) in [7, 11) is 3.03. The smallest absolute Gasteiger partial charge is 0.263 e. The van der Waals surface area contributed by atoms with Crippen molar-refractivity contribution in [2.75, 3.05) is 19.5 Å². The molecule has 0 spiro atoms. The molecule has 3 N–H and O–H groups in total. The maximum atomic E-state index is 12.4. The van der Waals surface area contributed by atoms with Crippen molar-refractivity contribution in [1.82, 2.24) is 0 Å². The molecule has 1 amide bonds. The van der Waals surface area contributed by atoms with E-state index in [9.17, 15) is 4.79 Å². The fourth-order valence-corrected chi connectivity index (χ4v) is 1.99. The van der Waals surface area contributed by atoms with Gasteiger partial charge in [0.05, 0.1) is 14.2 Å². The molecule has 0 aliphatic carbocycles. The lowest BCUT2D eigenvalue weighted by Crippen LogP contribution is -2.14. The largest absolute Gasteiger partial charge is 0.496 e. The van der Waals surface area contributed by atoms with Crippen LogP contribution in [0.5, 0.6) is 11.5 Å². The maximum absolute atomic E-state index is 12.4. The van der Waals surface area contributed by atoms with Crippen LogP contribution in [0, 0.1) is 0 Å². The molecule has 5 nitrogen and oxygen atoms in total. The minimum atomic E-state index is -0.287. The van der Waals surface area contributed by atoms with Gasteiger partial charge in [0.25, 0.3) is 5.91 Å². The highest BCUT2D eigenvalue weighted by molar-refractivity contribution is 6.08. The lowest BCUT2D eigenvalue weighted by atomic mass is 10.1. The molecule has 21 heavy (non-hydrogen) atoms. The number of hydrogen-bond donors (Lipinski definition) is 2. The quantitative estimate of drug-likeness (QED) is 0.885. The zero-order valence-electron chi connectivity index (χ0n) is 12.1. The number of amides is 1. The van der Waals surface area contributed by atoms with Gasteiger partial charge in [-0.1, -0.05) is 18.2 Å². The van der Waals surface area contributed by atoms with Gasteiger partial charge in [-0.3, -0.25) is 4.79 Å². The molecule has 0 unspecified atom stereocenters. The number of methoxy groups -OCH3 is 2. The highest BCUT2D eigenvalue weighted by Crippen LogP contribution is 2.29. The second-order valence-corrected chi connectivity index (χ2v) is 4.39. The van der Waals surface area contributed by atoms with Crippen LogP contribution < -0.4 is 20.5 Å². The highest BCUT2D eigenvalue weighted by atomic mass is 16.5. The Balaban J connectivity index is 2.27. The van der Waals surface area contributed by atoms with Gasteiger partial charge < -0.3 is 20.5 Å². The molecule has 2 rings (SSSR count). The van der Waals surface area contributed by atoms with E-state index in [0.717, 1.165) is 5.56 Å². The standard InChI is InChI=1S/C16H18N2O3/c1-20-13-4-3-5-14(21-2)15(13)16(19)18-12-8-6-11(10-17)7-9-12/h3-9H,10,17H2,1-2H3,(H,18,19). The van der Waals surface area contributed by atoms with Crippen LogP contribution in [-0.4, -0.2) is 20.1 Å². The number of ether oxygens (including phenoxy) is 2. The zero-order valence-corrected chi connectivity index (χ0v) is 12.1. The first-order valence-electron chi connectivity index (χ1n) is 6.51. The van der Waals surface area contributed by atoms with E-state index < -0.39 is 0 Å². The van der Waals surface area contributed by atoms with E-state index in [1.54, 1.807) is 18.2 Å². The molecule has 0 saturated heterocycles. The first-order valence-corrected chi connectivity index (χ1v) is 6.51. The van der Waals surface area contributed by atoms with Crippen LogP contribution in [0.25, 0.3) is 0 Å². The number of anilines is 1. The Labute approximate surface area is 123 Å². The Hall–Kier alpha value is -2.53. The van der Waals surface area contributed by atoms with E-state index in [0.29, 0.717) is 29.3 Å². The molecule has 0 aliphatic heterocycles. The van der Waals surface area contributed by atoms with Gasteiger partial charge in [-0.2, -0.15) is 0 Å². The first-order chi connectivity index (χ1) is 10.2. The summed E-state index contributed by atoms with van der Waals surface area (Å²) in [6.45, 7) is 0.467. The summed E-state index contributed by atoms with van der Waals surface area (Å²) in [4.78, 5) is 12.4. The Morgan fingerprint density at radius 3 is 2.10 bits per heavy atom. The van der Waals surface area contributed by atoms with E-state index in [2.05, 4.69) is 5.32 Å². The number of nitrogens with one attached hydrogen (secondary N) is 1. The predicted molar refractivity (Wildman–Crippen MR) is 81.8 cm³/mol. The molecular formula is C16H18N2O3. The minimum Gasteiger partial charge on any atom is -0.496 e. The van der Waals surface area contributed by atoms with E-state index in [4.69, 9.17) is 15.2 Å². The zero-order chi connectivity index (χ0) is 15.2. The van der Waals surface area contributed by atoms with Gasteiger partial charge in [0, 0.05) is 12.2 Å². The fourth-order valence-electron chi connectivity index (χ4n) is 1.99. The van der Waals surface area contributed by atoms with E-state index in [1.807, 2.05) is 24.3 Å². The Kier molecular flexibility index (Phi) is 4.79. The second kappa shape index (κ2) is 6.76. The molecule has 0 aliphatic rings. The topological polar surface area (TPSA) is 73.6 Å². The number of hydrogen-bond acceptors (Lipinski definition) is 4. The molecule has 5 heteroatoms. The van der Waals surface area contributed by atoms with Crippen LogP contribution in [-0.2, 0) is 6.54 Å². The summed E-state index contributed by atoms with van der Waals surface area (Å²) in [6, 6.07) is 12.6. The summed E-state index contributed by atoms with van der Waals surface area (Å²) in [5.41, 5.74) is 7.60. The third-order valence-corrected chi connectivity index (χ3v) is 3.10. The van der Waals surface area contributed by atoms with Gasteiger partial charge in [-0.15, -0.1) is 0 Å². The summed E-state index contributed by atoms with van der Waals surface area (Å²) in [5.74, 6) is 0.639. The predicted octanol–water partition coefficient (Wildman–Crippen LogP) is 2.41. The summed E-state index contributed by atoms with van der Waals surface area (Å²) in [5, 5.41) is 2.82. The van der Waals surface area contributed by atoms with Crippen molar-refractivity contribution in [3.63, 3.8) is 0 Å². The van der Waals surface area contributed by atoms with E-state index >= 15 is 0 Å². The molecule has 0 fully saturated rings. The van der Waals surface area contributed by atoms with Crippen molar-refractivity contribution in [3.8, 4) is 11.5 Å². The summed E-state index contributed by atoms with van der Waals surface area (Å²) < 4.78 is 10.5. The minimum absolute atomic E-state index is 0.287. The lowest BCUT2D eigenvalue weighted by Gasteiger charge is -2.13. The molecule has 110 valence electrons. The molecule has 0 atom stereocenters. The van der Waals surface area contributed by atoms with Crippen LogP contribution in [0.1, 0.15) is 15.9 Å². The van der Waals surface area contributed by atoms with Gasteiger partial charge in [-0.25, -0.2) is 0 Å². The van der Waals surface area contributed by atoms with Gasteiger partial charge in [-0.05, 0) is 29.8 Å². The van der Waals surface area contributed by atoms with Crippen LogP contribution in [0.15, 0.2) is 42.5 Å². The highest BCUT2D eigenvalue weighted by Gasteiger charge is 2.18. The van der Waals surface area contributed by atoms with Gasteiger partial charge >= 0.3 is 0 Å². The number of nitrogens with two attached hydrogens (primary N) is 1. The molecule has 2 aromatic carbocycles. The number of rotatable bonds is 5. The monoisotopic (exact) mass is 286 g/mol. The van der Waals surface area contributed by atoms with Gasteiger partial charge in [0.1, 0.15) is 17.1 Å². The average Bonchev–Trinajstić information content (AvgIpc) is 2.54. The van der Waals surface area contributed by atoms with Crippen molar-refractivity contribution >= 4 is 11.6 Å². The van der Waals surface area contributed by atoms with Crippen molar-refractivity contribution in [2.24, 2.45) is 5.73 Å². The SMILES string of the molecule is COc1cccc(OC)c1C(=O)Nc1ccc(CN)cc1. The van der Waals surface area contributed by atoms with Crippen molar-refractivity contribution in [2.45, 2.75) is 6.54 Å². The molecule has 0 saturated carbocycles. The summed E-state index contributed by atoms with van der Waals surface area (Å²) >= 11 is 0. The normalized spacial score (nSPS) is 10.0. The number of benzene rings is 2. The first kappa shape index (κ1) is 14.9. The van der Waals surface area contributed by atoms with Gasteiger partial charge in [0.15, 0.2) is 0 Å². The third kappa shape index (κ3) is 3.32. The van der Waals surface area contributed by atoms with Crippen molar-refractivity contribution in [3.05, 3.63) is 53.6 Å². The Morgan fingerprint density at radius 1 is 1.05 bits per heavy atom. The van der Waals surface area contributed by atoms with Crippen LogP contribution in [0.4, 0.5) is 5.69 Å². The van der Waals surface area contributed by atoms with Crippen molar-refractivity contribution in [1.29, 1.82) is 0 Å². The van der Waals surface area contributed by atoms with Gasteiger partial charge in [0.2, 0.25) is 0 Å². The molecule has 0 bridgehead atoms. The Bertz CT molecular complexity index is 602. The van der Waals surface area contributed by atoms with E-state index in [1.165, 1.54) is 14.2 Å². The van der Waals surface area contributed by atoms with Crippen LogP contribution >= 0.6 is 0 Å².